The van der Waals surface area contributed by atoms with Gasteiger partial charge in [-0.1, -0.05) is 59.1 Å². The number of esters is 1. The summed E-state index contributed by atoms with van der Waals surface area (Å²) < 4.78 is 26.7. The number of halogens is 1. The van der Waals surface area contributed by atoms with E-state index in [1.54, 1.807) is 24.3 Å². The van der Waals surface area contributed by atoms with E-state index in [1.807, 2.05) is 24.3 Å². The van der Waals surface area contributed by atoms with Crippen LogP contribution in [0.3, 0.4) is 0 Å². The molecule has 0 spiro atoms. The topological polar surface area (TPSA) is 66.4 Å². The van der Waals surface area contributed by atoms with Gasteiger partial charge in [-0.15, -0.1) is 0 Å². The highest BCUT2D eigenvalue weighted by Gasteiger charge is 2.24. The van der Waals surface area contributed by atoms with Gasteiger partial charge < -0.3 is 9.29 Å². The van der Waals surface area contributed by atoms with Crippen LogP contribution in [-0.4, -0.2) is 21.3 Å². The molecule has 0 aromatic heterocycles. The van der Waals surface area contributed by atoms with Crippen LogP contribution in [0.5, 0.6) is 0 Å². The summed E-state index contributed by atoms with van der Waals surface area (Å²) in [6, 6.07) is 14.4. The standard InChI is InChI=1S/C18H15ClO4S/c19-15-7-5-14(6-8-15)17(16-9-10-23-18(16)20)13-3-1-12(2-4-13)11-24(21)22/h1-8H,9-11H2,(H,21,22)/p-1/b17-16-. The maximum absolute atomic E-state index is 12.1. The fourth-order valence-corrected chi connectivity index (χ4v) is 3.29. The van der Waals surface area contributed by atoms with Crippen LogP contribution >= 0.6 is 11.6 Å². The monoisotopic (exact) mass is 361 g/mol. The Morgan fingerprint density at radius 1 is 1.08 bits per heavy atom. The van der Waals surface area contributed by atoms with E-state index in [2.05, 4.69) is 0 Å². The Kier molecular flexibility index (Phi) is 5.14. The van der Waals surface area contributed by atoms with Crippen LogP contribution in [-0.2, 0) is 26.4 Å². The summed E-state index contributed by atoms with van der Waals surface area (Å²) in [5.74, 6) is -0.348. The Balaban J connectivity index is 2.07. The SMILES string of the molecule is O=C1OCC/C1=C(/c1ccc(Cl)cc1)c1ccc(CS(=O)[O-])cc1. The van der Waals surface area contributed by atoms with Crippen LogP contribution in [0.2, 0.25) is 5.02 Å². The van der Waals surface area contributed by atoms with Crippen molar-refractivity contribution < 1.29 is 18.3 Å². The normalized spacial score (nSPS) is 17.5. The average Bonchev–Trinajstić information content (AvgIpc) is 2.97. The van der Waals surface area contributed by atoms with Crippen LogP contribution in [0, 0.1) is 0 Å². The van der Waals surface area contributed by atoms with Gasteiger partial charge in [-0.05, 0) is 34.4 Å². The van der Waals surface area contributed by atoms with E-state index in [4.69, 9.17) is 16.3 Å². The number of carbonyl (C=O) groups is 1. The van der Waals surface area contributed by atoms with Crippen LogP contribution < -0.4 is 0 Å². The fourth-order valence-electron chi connectivity index (χ4n) is 2.70. The van der Waals surface area contributed by atoms with E-state index in [-0.39, 0.29) is 11.7 Å². The first-order valence-corrected chi connectivity index (χ1v) is 8.98. The van der Waals surface area contributed by atoms with Crippen LogP contribution in [0.25, 0.3) is 5.57 Å². The summed E-state index contributed by atoms with van der Waals surface area (Å²) in [4.78, 5) is 12.1. The molecule has 0 bridgehead atoms. The zero-order valence-electron chi connectivity index (χ0n) is 12.7. The lowest BCUT2D eigenvalue weighted by molar-refractivity contribution is -0.135. The molecule has 1 fully saturated rings. The summed E-state index contributed by atoms with van der Waals surface area (Å²) in [5, 5.41) is 0.616. The van der Waals surface area contributed by atoms with Crippen molar-refractivity contribution in [1.82, 2.24) is 0 Å². The summed E-state index contributed by atoms with van der Waals surface area (Å²) in [6.45, 7) is 0.374. The number of hydrogen-bond donors (Lipinski definition) is 0. The zero-order chi connectivity index (χ0) is 17.1. The zero-order valence-corrected chi connectivity index (χ0v) is 14.2. The predicted octanol–water partition coefficient (Wildman–Crippen LogP) is 3.47. The van der Waals surface area contributed by atoms with Gasteiger partial charge >= 0.3 is 5.97 Å². The lowest BCUT2D eigenvalue weighted by atomic mass is 9.92. The number of benzene rings is 2. The molecule has 1 aliphatic rings. The minimum Gasteiger partial charge on any atom is -0.772 e. The molecule has 3 rings (SSSR count). The minimum absolute atomic E-state index is 0.0326. The van der Waals surface area contributed by atoms with Crippen molar-refractivity contribution in [1.29, 1.82) is 0 Å². The smallest absolute Gasteiger partial charge is 0.334 e. The number of rotatable bonds is 4. The number of cyclic esters (lactones) is 1. The Morgan fingerprint density at radius 2 is 1.67 bits per heavy atom. The first-order chi connectivity index (χ1) is 11.5. The lowest BCUT2D eigenvalue weighted by Gasteiger charge is -2.12. The van der Waals surface area contributed by atoms with Crippen LogP contribution in [0.4, 0.5) is 0 Å². The molecule has 0 amide bonds. The molecule has 2 aromatic rings. The molecule has 1 heterocycles. The van der Waals surface area contributed by atoms with E-state index in [9.17, 15) is 13.6 Å². The summed E-state index contributed by atoms with van der Waals surface area (Å²) in [5.41, 5.74) is 3.82. The molecule has 0 N–H and O–H groups in total. The highest BCUT2D eigenvalue weighted by Crippen LogP contribution is 2.32. The van der Waals surface area contributed by atoms with Crippen molar-refractivity contribution in [3.8, 4) is 0 Å². The quantitative estimate of drug-likeness (QED) is 0.475. The van der Waals surface area contributed by atoms with Gasteiger partial charge in [0.1, 0.15) is 0 Å². The van der Waals surface area contributed by atoms with Crippen LogP contribution in [0.1, 0.15) is 23.1 Å². The average molecular weight is 362 g/mol. The molecule has 1 saturated heterocycles. The van der Waals surface area contributed by atoms with E-state index < -0.39 is 11.1 Å². The maximum atomic E-state index is 12.1. The summed E-state index contributed by atoms with van der Waals surface area (Å²) in [7, 11) is 0. The van der Waals surface area contributed by atoms with Gasteiger partial charge in [-0.3, -0.25) is 4.21 Å². The number of carbonyl (C=O) groups excluding carboxylic acids is 1. The fraction of sp³-hybridized carbons (Fsp3) is 0.167. The molecule has 0 radical (unpaired) electrons. The molecule has 24 heavy (non-hydrogen) atoms. The van der Waals surface area contributed by atoms with Gasteiger partial charge in [0.2, 0.25) is 0 Å². The molecule has 0 aliphatic carbocycles. The van der Waals surface area contributed by atoms with Gasteiger partial charge in [-0.2, -0.15) is 0 Å². The lowest BCUT2D eigenvalue weighted by Crippen LogP contribution is -2.01. The molecule has 6 heteroatoms. The summed E-state index contributed by atoms with van der Waals surface area (Å²) in [6.07, 6.45) is 0.545. The van der Waals surface area contributed by atoms with E-state index in [1.165, 1.54) is 0 Å². The Hall–Kier alpha value is -1.95. The first-order valence-electron chi connectivity index (χ1n) is 7.36. The third-order valence-electron chi connectivity index (χ3n) is 3.79. The minimum atomic E-state index is -2.13. The van der Waals surface area contributed by atoms with E-state index in [0.717, 1.165) is 16.7 Å². The van der Waals surface area contributed by atoms with Crippen molar-refractivity contribution in [3.63, 3.8) is 0 Å². The first kappa shape index (κ1) is 16.9. The highest BCUT2D eigenvalue weighted by molar-refractivity contribution is 7.78. The van der Waals surface area contributed by atoms with Crippen molar-refractivity contribution in [2.45, 2.75) is 12.2 Å². The number of hydrogen-bond acceptors (Lipinski definition) is 4. The second-order valence-corrected chi connectivity index (χ2v) is 6.72. The van der Waals surface area contributed by atoms with Crippen molar-refractivity contribution in [2.24, 2.45) is 0 Å². The molecule has 1 aliphatic heterocycles. The second kappa shape index (κ2) is 7.30. The van der Waals surface area contributed by atoms with E-state index in [0.29, 0.717) is 29.2 Å². The third-order valence-corrected chi connectivity index (χ3v) is 4.61. The maximum Gasteiger partial charge on any atom is 0.334 e. The summed E-state index contributed by atoms with van der Waals surface area (Å²) >= 11 is 3.82. The van der Waals surface area contributed by atoms with Crippen molar-refractivity contribution in [3.05, 3.63) is 75.8 Å². The van der Waals surface area contributed by atoms with Gasteiger partial charge in [0, 0.05) is 22.8 Å². The van der Waals surface area contributed by atoms with Gasteiger partial charge in [-0.25, -0.2) is 4.79 Å². The largest absolute Gasteiger partial charge is 0.772 e. The van der Waals surface area contributed by atoms with Crippen molar-refractivity contribution in [2.75, 3.05) is 6.61 Å². The molecular formula is C18H14ClO4S-. The second-order valence-electron chi connectivity index (χ2n) is 5.39. The highest BCUT2D eigenvalue weighted by atomic mass is 35.5. The van der Waals surface area contributed by atoms with Gasteiger partial charge in [0.25, 0.3) is 0 Å². The molecule has 4 nitrogen and oxygen atoms in total. The molecule has 1 unspecified atom stereocenters. The predicted molar refractivity (Wildman–Crippen MR) is 92.1 cm³/mol. The Labute approximate surface area is 147 Å². The molecule has 124 valence electrons. The molecular weight excluding hydrogens is 348 g/mol. The van der Waals surface area contributed by atoms with Crippen molar-refractivity contribution >= 4 is 34.2 Å². The number of ether oxygens (including phenoxy) is 1. The van der Waals surface area contributed by atoms with E-state index >= 15 is 0 Å². The molecule has 0 saturated carbocycles. The Bertz CT molecular complexity index is 810. The van der Waals surface area contributed by atoms with Crippen LogP contribution in [0.15, 0.2) is 54.1 Å². The molecule has 2 aromatic carbocycles. The van der Waals surface area contributed by atoms with Gasteiger partial charge in [0.05, 0.1) is 6.61 Å². The van der Waals surface area contributed by atoms with Gasteiger partial charge in [0.15, 0.2) is 0 Å². The Morgan fingerprint density at radius 3 is 2.17 bits per heavy atom. The third kappa shape index (κ3) is 3.75. The molecule has 1 atom stereocenters.